The molecule has 0 heterocycles. The summed E-state index contributed by atoms with van der Waals surface area (Å²) >= 11 is 6.05. The Hall–Kier alpha value is -1.55. The number of benzene rings is 1. The molecule has 1 aromatic rings. The number of ether oxygens (including phenoxy) is 1. The molecule has 0 aromatic heterocycles. The summed E-state index contributed by atoms with van der Waals surface area (Å²) in [7, 11) is 0. The van der Waals surface area contributed by atoms with Gasteiger partial charge in [-0.25, -0.2) is 0 Å². The minimum atomic E-state index is -0.375. The van der Waals surface area contributed by atoms with Gasteiger partial charge in [0.05, 0.1) is 6.61 Å². The summed E-state index contributed by atoms with van der Waals surface area (Å²) in [6.07, 6.45) is 0.898. The van der Waals surface area contributed by atoms with Gasteiger partial charge >= 0.3 is 5.97 Å². The average molecular weight is 298 g/mol. The SMILES string of the molecule is CCOC(=O)CN(CC)C(=O)CCc1ccccc1Cl. The number of nitrogens with zero attached hydrogens (tertiary/aromatic N) is 1. The highest BCUT2D eigenvalue weighted by molar-refractivity contribution is 6.31. The van der Waals surface area contributed by atoms with Crippen molar-refractivity contribution in [1.82, 2.24) is 4.90 Å². The van der Waals surface area contributed by atoms with Crippen LogP contribution in [0.1, 0.15) is 25.8 Å². The van der Waals surface area contributed by atoms with Gasteiger partial charge in [-0.2, -0.15) is 0 Å². The molecule has 1 aromatic carbocycles. The molecule has 4 nitrogen and oxygen atoms in total. The van der Waals surface area contributed by atoms with Crippen molar-refractivity contribution in [3.8, 4) is 0 Å². The Morgan fingerprint density at radius 2 is 1.95 bits per heavy atom. The lowest BCUT2D eigenvalue weighted by atomic mass is 10.1. The summed E-state index contributed by atoms with van der Waals surface area (Å²) in [5, 5.41) is 0.661. The number of carbonyl (C=O) groups is 2. The molecule has 0 atom stereocenters. The second-order valence-electron chi connectivity index (χ2n) is 4.30. The van der Waals surface area contributed by atoms with Gasteiger partial charge < -0.3 is 9.64 Å². The topological polar surface area (TPSA) is 46.6 Å². The highest BCUT2D eigenvalue weighted by atomic mass is 35.5. The Kier molecular flexibility index (Phi) is 7.09. The van der Waals surface area contributed by atoms with E-state index in [4.69, 9.17) is 16.3 Å². The van der Waals surface area contributed by atoms with E-state index in [-0.39, 0.29) is 18.4 Å². The van der Waals surface area contributed by atoms with Gasteiger partial charge in [-0.05, 0) is 31.9 Å². The fourth-order valence-electron chi connectivity index (χ4n) is 1.84. The third-order valence-electron chi connectivity index (χ3n) is 2.93. The van der Waals surface area contributed by atoms with E-state index in [1.54, 1.807) is 13.0 Å². The van der Waals surface area contributed by atoms with E-state index in [1.807, 2.05) is 25.1 Å². The number of esters is 1. The molecule has 0 bridgehead atoms. The van der Waals surface area contributed by atoms with Gasteiger partial charge in [-0.15, -0.1) is 0 Å². The van der Waals surface area contributed by atoms with Crippen molar-refractivity contribution >= 4 is 23.5 Å². The zero-order chi connectivity index (χ0) is 15.0. The molecule has 1 amide bonds. The van der Waals surface area contributed by atoms with Crippen molar-refractivity contribution in [2.75, 3.05) is 19.7 Å². The van der Waals surface area contributed by atoms with E-state index < -0.39 is 0 Å². The van der Waals surface area contributed by atoms with Gasteiger partial charge in [0, 0.05) is 18.0 Å². The summed E-state index contributed by atoms with van der Waals surface area (Å²) in [6, 6.07) is 7.45. The van der Waals surface area contributed by atoms with E-state index in [1.165, 1.54) is 4.90 Å². The van der Waals surface area contributed by atoms with Crippen LogP contribution in [-0.4, -0.2) is 36.5 Å². The van der Waals surface area contributed by atoms with E-state index in [0.29, 0.717) is 31.0 Å². The molecule has 0 fully saturated rings. The van der Waals surface area contributed by atoms with Crippen molar-refractivity contribution in [3.05, 3.63) is 34.9 Å². The molecular weight excluding hydrogens is 278 g/mol. The zero-order valence-electron chi connectivity index (χ0n) is 11.9. The molecule has 20 heavy (non-hydrogen) atoms. The zero-order valence-corrected chi connectivity index (χ0v) is 12.7. The van der Waals surface area contributed by atoms with E-state index in [9.17, 15) is 9.59 Å². The standard InChI is InChI=1S/C15H20ClNO3/c1-3-17(11-15(19)20-4-2)14(18)10-9-12-7-5-6-8-13(12)16/h5-8H,3-4,9-11H2,1-2H3. The van der Waals surface area contributed by atoms with Crippen LogP contribution in [0.3, 0.4) is 0 Å². The Morgan fingerprint density at radius 1 is 1.25 bits per heavy atom. The Bertz CT molecular complexity index is 462. The second kappa shape index (κ2) is 8.59. The predicted octanol–water partition coefficient (Wildman–Crippen LogP) is 2.68. The number of rotatable bonds is 7. The molecule has 0 saturated heterocycles. The maximum atomic E-state index is 12.1. The number of aryl methyl sites for hydroxylation is 1. The molecule has 110 valence electrons. The van der Waals surface area contributed by atoms with Crippen molar-refractivity contribution in [2.24, 2.45) is 0 Å². The lowest BCUT2D eigenvalue weighted by Crippen LogP contribution is -2.36. The smallest absolute Gasteiger partial charge is 0.325 e. The largest absolute Gasteiger partial charge is 0.465 e. The quantitative estimate of drug-likeness (QED) is 0.727. The monoisotopic (exact) mass is 297 g/mol. The molecule has 0 saturated carbocycles. The van der Waals surface area contributed by atoms with E-state index in [2.05, 4.69) is 0 Å². The maximum Gasteiger partial charge on any atom is 0.325 e. The number of halogens is 1. The fraction of sp³-hybridized carbons (Fsp3) is 0.467. The van der Waals surface area contributed by atoms with E-state index in [0.717, 1.165) is 5.56 Å². The molecule has 0 unspecified atom stereocenters. The molecule has 0 N–H and O–H groups in total. The van der Waals surface area contributed by atoms with Crippen LogP contribution in [0.2, 0.25) is 5.02 Å². The number of amides is 1. The van der Waals surface area contributed by atoms with Crippen molar-refractivity contribution in [1.29, 1.82) is 0 Å². The fourth-order valence-corrected chi connectivity index (χ4v) is 2.07. The van der Waals surface area contributed by atoms with Crippen LogP contribution < -0.4 is 0 Å². The summed E-state index contributed by atoms with van der Waals surface area (Å²) < 4.78 is 4.85. The maximum absolute atomic E-state index is 12.1. The molecule has 1 rings (SSSR count). The number of hydrogen-bond donors (Lipinski definition) is 0. The number of hydrogen-bond acceptors (Lipinski definition) is 3. The minimum Gasteiger partial charge on any atom is -0.465 e. The molecular formula is C15H20ClNO3. The van der Waals surface area contributed by atoms with Crippen LogP contribution in [-0.2, 0) is 20.7 Å². The van der Waals surface area contributed by atoms with Crippen LogP contribution in [0.15, 0.2) is 24.3 Å². The number of likely N-dealkylation sites (N-methyl/N-ethyl adjacent to an activating group) is 1. The summed E-state index contributed by atoms with van der Waals surface area (Å²) in [6.45, 7) is 4.40. The summed E-state index contributed by atoms with van der Waals surface area (Å²) in [5.74, 6) is -0.444. The lowest BCUT2D eigenvalue weighted by Gasteiger charge is -2.19. The second-order valence-corrected chi connectivity index (χ2v) is 4.71. The van der Waals surface area contributed by atoms with Gasteiger partial charge in [0.2, 0.25) is 5.91 Å². The Balaban J connectivity index is 2.51. The molecule has 0 aliphatic heterocycles. The first-order chi connectivity index (χ1) is 9.58. The lowest BCUT2D eigenvalue weighted by molar-refractivity contribution is -0.148. The van der Waals surface area contributed by atoms with E-state index >= 15 is 0 Å². The van der Waals surface area contributed by atoms with Crippen molar-refractivity contribution < 1.29 is 14.3 Å². The van der Waals surface area contributed by atoms with Crippen molar-refractivity contribution in [3.63, 3.8) is 0 Å². The van der Waals surface area contributed by atoms with Gasteiger partial charge in [0.25, 0.3) is 0 Å². The molecule has 0 aliphatic rings. The minimum absolute atomic E-state index is 0.00565. The third kappa shape index (κ3) is 5.21. The van der Waals surface area contributed by atoms with Gasteiger partial charge in [-0.1, -0.05) is 29.8 Å². The van der Waals surface area contributed by atoms with Crippen LogP contribution in [0, 0.1) is 0 Å². The van der Waals surface area contributed by atoms with Gasteiger partial charge in [-0.3, -0.25) is 9.59 Å². The summed E-state index contributed by atoms with van der Waals surface area (Å²) in [4.78, 5) is 25.0. The van der Waals surface area contributed by atoms with Crippen LogP contribution in [0.4, 0.5) is 0 Å². The highest BCUT2D eigenvalue weighted by Gasteiger charge is 2.16. The molecule has 0 spiro atoms. The Morgan fingerprint density at radius 3 is 2.55 bits per heavy atom. The normalized spacial score (nSPS) is 10.2. The average Bonchev–Trinajstić information content (AvgIpc) is 2.44. The van der Waals surface area contributed by atoms with Gasteiger partial charge in [0.15, 0.2) is 0 Å². The Labute approximate surface area is 124 Å². The predicted molar refractivity (Wildman–Crippen MR) is 78.7 cm³/mol. The first-order valence-electron chi connectivity index (χ1n) is 6.75. The highest BCUT2D eigenvalue weighted by Crippen LogP contribution is 2.16. The first kappa shape index (κ1) is 16.5. The third-order valence-corrected chi connectivity index (χ3v) is 3.29. The first-order valence-corrected chi connectivity index (χ1v) is 7.13. The number of carbonyl (C=O) groups excluding carboxylic acids is 2. The summed E-state index contributed by atoms with van der Waals surface area (Å²) in [5.41, 5.74) is 0.940. The van der Waals surface area contributed by atoms with Crippen LogP contribution in [0.25, 0.3) is 0 Å². The molecule has 0 radical (unpaired) electrons. The van der Waals surface area contributed by atoms with Gasteiger partial charge in [0.1, 0.15) is 6.54 Å². The molecule has 5 heteroatoms. The van der Waals surface area contributed by atoms with Crippen LogP contribution >= 0.6 is 11.6 Å². The van der Waals surface area contributed by atoms with Crippen molar-refractivity contribution in [2.45, 2.75) is 26.7 Å². The van der Waals surface area contributed by atoms with Crippen LogP contribution in [0.5, 0.6) is 0 Å². The molecule has 0 aliphatic carbocycles.